The molecule has 0 unspecified atom stereocenters. The molecule has 1 aromatic heterocycles. The molecule has 0 amide bonds. The Kier molecular flexibility index (Phi) is 6.75. The maximum atomic E-state index is 2.48. The van der Waals surface area contributed by atoms with E-state index < -0.39 is 0 Å². The summed E-state index contributed by atoms with van der Waals surface area (Å²) in [5.74, 6) is 0. The van der Waals surface area contributed by atoms with E-state index in [1.165, 1.54) is 74.7 Å². The first-order valence-corrected chi connectivity index (χ1v) is 17.9. The summed E-state index contributed by atoms with van der Waals surface area (Å²) >= 11 is 1.86. The van der Waals surface area contributed by atoms with Crippen LogP contribution in [0.5, 0.6) is 0 Å². The maximum Gasteiger partial charge on any atom is 0.0546 e. The highest BCUT2D eigenvalue weighted by Crippen LogP contribution is 2.47. The Morgan fingerprint density at radius 1 is 0.320 bits per heavy atom. The number of rotatable bonds is 5. The fraction of sp³-hybridized carbons (Fsp3) is 0. The van der Waals surface area contributed by atoms with Crippen molar-refractivity contribution in [2.45, 2.75) is 0 Å². The highest BCUT2D eigenvalue weighted by atomic mass is 32.1. The van der Waals surface area contributed by atoms with E-state index in [1.807, 2.05) is 11.3 Å². The van der Waals surface area contributed by atoms with Gasteiger partial charge in [0, 0.05) is 36.8 Å². The van der Waals surface area contributed by atoms with Crippen molar-refractivity contribution in [1.82, 2.24) is 0 Å². The van der Waals surface area contributed by atoms with Crippen molar-refractivity contribution in [1.29, 1.82) is 0 Å². The van der Waals surface area contributed by atoms with E-state index in [9.17, 15) is 0 Å². The Morgan fingerprint density at radius 2 is 0.920 bits per heavy atom. The molecule has 234 valence electrons. The molecule has 0 spiro atoms. The number of para-hydroxylation sites is 1. The zero-order valence-corrected chi connectivity index (χ0v) is 28.1. The largest absolute Gasteiger partial charge is 0.309 e. The summed E-state index contributed by atoms with van der Waals surface area (Å²) in [5.41, 5.74) is 8.27. The predicted octanol–water partition coefficient (Wildman–Crippen LogP) is 14.3. The smallest absolute Gasteiger partial charge is 0.0546 e. The minimum atomic E-state index is 1.14. The van der Waals surface area contributed by atoms with Crippen molar-refractivity contribution in [3.05, 3.63) is 188 Å². The Labute approximate surface area is 294 Å². The van der Waals surface area contributed by atoms with Gasteiger partial charge in [0.1, 0.15) is 0 Å². The third-order valence-corrected chi connectivity index (χ3v) is 11.2. The zero-order chi connectivity index (χ0) is 33.0. The number of nitrogens with zero attached hydrogens (tertiary/aromatic N) is 1. The van der Waals surface area contributed by atoms with E-state index >= 15 is 0 Å². The van der Waals surface area contributed by atoms with Gasteiger partial charge in [0.05, 0.1) is 11.4 Å². The summed E-state index contributed by atoms with van der Waals surface area (Å²) in [6.45, 7) is 0. The molecule has 0 N–H and O–H groups in total. The van der Waals surface area contributed by atoms with E-state index in [0.29, 0.717) is 0 Å². The molecule has 0 bridgehead atoms. The van der Waals surface area contributed by atoms with Gasteiger partial charge in [0.15, 0.2) is 0 Å². The molecule has 0 fully saturated rings. The number of fused-ring (bicyclic) bond motifs is 7. The quantitative estimate of drug-likeness (QED) is 0.167. The molecule has 10 aromatic rings. The number of hydrogen-bond acceptors (Lipinski definition) is 2. The molecule has 0 radical (unpaired) electrons. The third kappa shape index (κ3) is 4.69. The number of hydrogen-bond donors (Lipinski definition) is 0. The average molecular weight is 654 g/mol. The van der Waals surface area contributed by atoms with Gasteiger partial charge in [-0.15, -0.1) is 11.3 Å². The van der Waals surface area contributed by atoms with E-state index in [2.05, 4.69) is 193 Å². The minimum absolute atomic E-state index is 1.14. The summed E-state index contributed by atoms with van der Waals surface area (Å²) in [5, 5.41) is 10.1. The van der Waals surface area contributed by atoms with Crippen LogP contribution < -0.4 is 4.90 Å². The van der Waals surface area contributed by atoms with E-state index in [0.717, 1.165) is 17.1 Å². The summed E-state index contributed by atoms with van der Waals surface area (Å²) in [6.07, 6.45) is 0. The lowest BCUT2D eigenvalue weighted by atomic mass is 9.94. The zero-order valence-electron chi connectivity index (χ0n) is 27.3. The summed E-state index contributed by atoms with van der Waals surface area (Å²) in [7, 11) is 0. The second-order valence-electron chi connectivity index (χ2n) is 12.9. The van der Waals surface area contributed by atoms with Gasteiger partial charge in [0.25, 0.3) is 0 Å². The summed E-state index contributed by atoms with van der Waals surface area (Å²) in [4.78, 5) is 2.48. The molecule has 0 saturated heterocycles. The maximum absolute atomic E-state index is 2.48. The van der Waals surface area contributed by atoms with Gasteiger partial charge < -0.3 is 4.90 Å². The molecule has 0 atom stereocenters. The number of benzene rings is 9. The van der Waals surface area contributed by atoms with Crippen molar-refractivity contribution in [3.63, 3.8) is 0 Å². The minimum Gasteiger partial charge on any atom is -0.309 e. The van der Waals surface area contributed by atoms with Crippen LogP contribution in [0.15, 0.2) is 188 Å². The Balaban J connectivity index is 1.23. The molecule has 0 aliphatic rings. The summed E-state index contributed by atoms with van der Waals surface area (Å²) < 4.78 is 2.60. The van der Waals surface area contributed by atoms with Gasteiger partial charge in [0.2, 0.25) is 0 Å². The SMILES string of the molecule is c1cc(-c2ccccc2N(c2ccc3c(c2)sc2ccccc23)c2cc3ccccc3c3ccccc23)cc(-c2cccc3ccccc23)c1. The third-order valence-electron chi connectivity index (χ3n) is 10.0. The van der Waals surface area contributed by atoms with Crippen molar-refractivity contribution in [2.75, 3.05) is 4.90 Å². The molecular formula is C48H31NS. The highest BCUT2D eigenvalue weighted by molar-refractivity contribution is 7.25. The second kappa shape index (κ2) is 11.7. The lowest BCUT2D eigenvalue weighted by molar-refractivity contribution is 1.31. The molecule has 1 nitrogen and oxygen atoms in total. The van der Waals surface area contributed by atoms with Crippen LogP contribution in [0.25, 0.3) is 74.7 Å². The molecule has 2 heteroatoms. The van der Waals surface area contributed by atoms with E-state index in [1.54, 1.807) is 0 Å². The van der Waals surface area contributed by atoms with Crippen LogP contribution in [0.1, 0.15) is 0 Å². The van der Waals surface area contributed by atoms with Crippen molar-refractivity contribution < 1.29 is 0 Å². The van der Waals surface area contributed by atoms with Crippen LogP contribution in [-0.4, -0.2) is 0 Å². The summed E-state index contributed by atoms with van der Waals surface area (Å²) in [6, 6.07) is 68.8. The first-order chi connectivity index (χ1) is 24.8. The fourth-order valence-electron chi connectivity index (χ4n) is 7.73. The van der Waals surface area contributed by atoms with Crippen LogP contribution in [0.2, 0.25) is 0 Å². The van der Waals surface area contributed by atoms with Crippen LogP contribution >= 0.6 is 11.3 Å². The van der Waals surface area contributed by atoms with Crippen molar-refractivity contribution in [3.8, 4) is 22.3 Å². The Bertz CT molecular complexity index is 2890. The second-order valence-corrected chi connectivity index (χ2v) is 14.0. The van der Waals surface area contributed by atoms with E-state index in [4.69, 9.17) is 0 Å². The van der Waals surface area contributed by atoms with Crippen LogP contribution in [0, 0.1) is 0 Å². The van der Waals surface area contributed by atoms with Gasteiger partial charge in [-0.25, -0.2) is 0 Å². The molecule has 0 saturated carbocycles. The lowest BCUT2D eigenvalue weighted by Gasteiger charge is -2.29. The molecule has 50 heavy (non-hydrogen) atoms. The van der Waals surface area contributed by atoms with Gasteiger partial charge in [-0.3, -0.25) is 0 Å². The molecular weight excluding hydrogens is 623 g/mol. The van der Waals surface area contributed by atoms with Crippen molar-refractivity contribution >= 4 is 80.9 Å². The average Bonchev–Trinajstić information content (AvgIpc) is 3.56. The van der Waals surface area contributed by atoms with Crippen LogP contribution in [-0.2, 0) is 0 Å². The fourth-order valence-corrected chi connectivity index (χ4v) is 8.86. The highest BCUT2D eigenvalue weighted by Gasteiger charge is 2.21. The van der Waals surface area contributed by atoms with Crippen molar-refractivity contribution in [2.24, 2.45) is 0 Å². The number of anilines is 3. The molecule has 9 aromatic carbocycles. The first kappa shape index (κ1) is 28.8. The molecule has 1 heterocycles. The van der Waals surface area contributed by atoms with Gasteiger partial charge in [-0.05, 0) is 80.0 Å². The first-order valence-electron chi connectivity index (χ1n) is 17.1. The Hall–Kier alpha value is -6.22. The van der Waals surface area contributed by atoms with Crippen LogP contribution in [0.4, 0.5) is 17.1 Å². The molecule has 0 aliphatic carbocycles. The lowest BCUT2D eigenvalue weighted by Crippen LogP contribution is -2.12. The predicted molar refractivity (Wildman–Crippen MR) is 217 cm³/mol. The monoisotopic (exact) mass is 653 g/mol. The van der Waals surface area contributed by atoms with E-state index in [-0.39, 0.29) is 0 Å². The number of thiophene rings is 1. The van der Waals surface area contributed by atoms with Gasteiger partial charge in [-0.2, -0.15) is 0 Å². The topological polar surface area (TPSA) is 3.24 Å². The normalized spacial score (nSPS) is 11.6. The molecule has 0 aliphatic heterocycles. The van der Waals surface area contributed by atoms with Crippen LogP contribution in [0.3, 0.4) is 0 Å². The van der Waals surface area contributed by atoms with Gasteiger partial charge >= 0.3 is 0 Å². The molecule has 10 rings (SSSR count). The standard InChI is InChI=1S/C48H31NS/c1-3-18-37-32(13-1)15-12-24-38(37)33-16-11-17-34(29-33)40-20-7-9-25-45(40)49(36-27-28-44-43-23-8-10-26-47(43)50-48(44)31-36)46-30-35-14-2-4-19-39(35)41-21-5-6-22-42(41)46/h1-31H. The van der Waals surface area contributed by atoms with Gasteiger partial charge in [-0.1, -0.05) is 152 Å². The Morgan fingerprint density at radius 3 is 1.80 bits per heavy atom.